The van der Waals surface area contributed by atoms with E-state index >= 15 is 0 Å². The van der Waals surface area contributed by atoms with E-state index in [0.29, 0.717) is 24.7 Å². The molecule has 2 unspecified atom stereocenters. The molecule has 1 aromatic heterocycles. The van der Waals surface area contributed by atoms with E-state index in [1.54, 1.807) is 0 Å². The minimum absolute atomic E-state index is 0.00105. The second kappa shape index (κ2) is 8.13. The molecule has 2 aliphatic rings. The lowest BCUT2D eigenvalue weighted by atomic mass is 9.82. The second-order valence-corrected chi connectivity index (χ2v) is 7.84. The molecule has 2 atom stereocenters. The van der Waals surface area contributed by atoms with E-state index in [1.165, 1.54) is 32.0 Å². The lowest BCUT2D eigenvalue weighted by molar-refractivity contribution is 0.0708. The van der Waals surface area contributed by atoms with Gasteiger partial charge in [-0.05, 0) is 44.4 Å². The van der Waals surface area contributed by atoms with Crippen molar-refractivity contribution in [1.82, 2.24) is 14.9 Å². The van der Waals surface area contributed by atoms with Gasteiger partial charge >= 0.3 is 0 Å². The molecule has 2 fully saturated rings. The Hall–Kier alpha value is -1.69. The number of hydrogen-bond acceptors (Lipinski definition) is 5. The number of amides is 1. The van der Waals surface area contributed by atoms with Crippen LogP contribution in [0.3, 0.4) is 0 Å². The van der Waals surface area contributed by atoms with Crippen LogP contribution in [0.25, 0.3) is 0 Å². The predicted octanol–water partition coefficient (Wildman–Crippen LogP) is 2.59. The number of nitrogens with one attached hydrogen (secondary N) is 1. The summed E-state index contributed by atoms with van der Waals surface area (Å²) in [5.74, 6) is 2.31. The topological polar surface area (TPSA) is 84.1 Å². The van der Waals surface area contributed by atoms with Crippen molar-refractivity contribution in [3.8, 4) is 0 Å². The van der Waals surface area contributed by atoms with Crippen LogP contribution in [-0.2, 0) is 0 Å². The quantitative estimate of drug-likeness (QED) is 0.876. The van der Waals surface area contributed by atoms with Gasteiger partial charge in [-0.2, -0.15) is 0 Å². The van der Waals surface area contributed by atoms with E-state index in [9.17, 15) is 4.79 Å². The summed E-state index contributed by atoms with van der Waals surface area (Å²) in [6, 6.07) is 0.214. The number of piperidine rings is 1. The van der Waals surface area contributed by atoms with E-state index in [2.05, 4.69) is 22.2 Å². The molecule has 25 heavy (non-hydrogen) atoms. The summed E-state index contributed by atoms with van der Waals surface area (Å²) >= 11 is 0. The fraction of sp³-hybridized carbons (Fsp3) is 0.737. The monoisotopic (exact) mass is 345 g/mol. The van der Waals surface area contributed by atoms with Crippen LogP contribution in [0, 0.1) is 18.8 Å². The molecule has 0 radical (unpaired) electrons. The first-order valence-electron chi connectivity index (χ1n) is 9.65. The Morgan fingerprint density at radius 2 is 2.04 bits per heavy atom. The molecule has 6 heteroatoms. The Bertz CT molecular complexity index is 597. The molecule has 1 aromatic rings. The van der Waals surface area contributed by atoms with Crippen molar-refractivity contribution in [2.75, 3.05) is 25.0 Å². The maximum absolute atomic E-state index is 12.8. The Labute approximate surface area is 150 Å². The largest absolute Gasteiger partial charge is 0.369 e. The highest BCUT2D eigenvalue weighted by atomic mass is 16.2. The number of likely N-dealkylation sites (tertiary alicyclic amines) is 1. The minimum atomic E-state index is 0.00105. The molecule has 3 rings (SSSR count). The van der Waals surface area contributed by atoms with Gasteiger partial charge in [0.05, 0.1) is 0 Å². The number of carbonyl (C=O) groups is 1. The fourth-order valence-electron chi connectivity index (χ4n) is 4.08. The van der Waals surface area contributed by atoms with E-state index in [-0.39, 0.29) is 11.9 Å². The number of rotatable bonds is 4. The average molecular weight is 345 g/mol. The van der Waals surface area contributed by atoms with Crippen molar-refractivity contribution in [1.29, 1.82) is 0 Å². The molecular formula is C19H31N5O. The lowest BCUT2D eigenvalue weighted by Crippen LogP contribution is -2.43. The van der Waals surface area contributed by atoms with E-state index in [0.717, 1.165) is 36.7 Å². The van der Waals surface area contributed by atoms with Crippen LogP contribution in [0.4, 0.5) is 5.82 Å². The van der Waals surface area contributed by atoms with Crippen LogP contribution in [0.5, 0.6) is 0 Å². The molecule has 6 nitrogen and oxygen atoms in total. The lowest BCUT2D eigenvalue weighted by Gasteiger charge is -2.30. The van der Waals surface area contributed by atoms with Crippen molar-refractivity contribution in [2.24, 2.45) is 17.6 Å². The van der Waals surface area contributed by atoms with Gasteiger partial charge in [0.1, 0.15) is 17.8 Å². The molecule has 3 N–H and O–H groups in total. The maximum Gasteiger partial charge on any atom is 0.272 e. The maximum atomic E-state index is 12.8. The first-order chi connectivity index (χ1) is 12.0. The SMILES string of the molecule is Cc1c(NCC2CCCC(C)C2)ncnc1C(=O)N1CCC(N)CC1. The van der Waals surface area contributed by atoms with Crippen molar-refractivity contribution in [3.05, 3.63) is 17.6 Å². The van der Waals surface area contributed by atoms with Gasteiger partial charge < -0.3 is 16.0 Å². The number of nitrogens with zero attached hydrogens (tertiary/aromatic N) is 3. The van der Waals surface area contributed by atoms with Crippen LogP contribution >= 0.6 is 0 Å². The summed E-state index contributed by atoms with van der Waals surface area (Å²) in [6.07, 6.45) is 8.44. The zero-order valence-corrected chi connectivity index (χ0v) is 15.5. The number of carbonyl (C=O) groups excluding carboxylic acids is 1. The van der Waals surface area contributed by atoms with Crippen LogP contribution in [0.2, 0.25) is 0 Å². The molecule has 0 bridgehead atoms. The third-order valence-electron chi connectivity index (χ3n) is 5.72. The van der Waals surface area contributed by atoms with Gasteiger partial charge in [-0.15, -0.1) is 0 Å². The number of nitrogens with two attached hydrogens (primary N) is 1. The molecule has 1 saturated carbocycles. The van der Waals surface area contributed by atoms with Crippen LogP contribution in [0.15, 0.2) is 6.33 Å². The van der Waals surface area contributed by atoms with Gasteiger partial charge in [-0.1, -0.05) is 19.8 Å². The Morgan fingerprint density at radius 1 is 1.28 bits per heavy atom. The normalized spacial score (nSPS) is 25.0. The highest BCUT2D eigenvalue weighted by Gasteiger charge is 2.25. The molecule has 0 spiro atoms. The van der Waals surface area contributed by atoms with Gasteiger partial charge in [0, 0.05) is 31.2 Å². The summed E-state index contributed by atoms with van der Waals surface area (Å²) < 4.78 is 0. The Balaban J connectivity index is 1.64. The third kappa shape index (κ3) is 4.48. The fourth-order valence-corrected chi connectivity index (χ4v) is 4.08. The van der Waals surface area contributed by atoms with Gasteiger partial charge in [-0.3, -0.25) is 4.79 Å². The number of hydrogen-bond donors (Lipinski definition) is 2. The molecule has 1 saturated heterocycles. The highest BCUT2D eigenvalue weighted by Crippen LogP contribution is 2.29. The van der Waals surface area contributed by atoms with Crippen molar-refractivity contribution in [2.45, 2.75) is 58.4 Å². The van der Waals surface area contributed by atoms with Gasteiger partial charge in [0.25, 0.3) is 5.91 Å². The zero-order valence-electron chi connectivity index (χ0n) is 15.5. The second-order valence-electron chi connectivity index (χ2n) is 7.84. The van der Waals surface area contributed by atoms with Gasteiger partial charge in [0.2, 0.25) is 0 Å². The molecular weight excluding hydrogens is 314 g/mol. The van der Waals surface area contributed by atoms with E-state index < -0.39 is 0 Å². The summed E-state index contributed by atoms with van der Waals surface area (Å²) in [4.78, 5) is 23.3. The van der Waals surface area contributed by atoms with Crippen molar-refractivity contribution < 1.29 is 4.79 Å². The summed E-state index contributed by atoms with van der Waals surface area (Å²) in [6.45, 7) is 6.63. The van der Waals surface area contributed by atoms with Gasteiger partial charge in [0.15, 0.2) is 0 Å². The number of aromatic nitrogens is 2. The van der Waals surface area contributed by atoms with Gasteiger partial charge in [-0.25, -0.2) is 9.97 Å². The molecule has 1 amide bonds. The van der Waals surface area contributed by atoms with Crippen LogP contribution < -0.4 is 11.1 Å². The van der Waals surface area contributed by atoms with Crippen LogP contribution in [-0.4, -0.2) is 46.5 Å². The first kappa shape index (κ1) is 18.1. The Morgan fingerprint density at radius 3 is 2.76 bits per heavy atom. The standard InChI is InChI=1S/C19H31N5O/c1-13-4-3-5-15(10-13)11-21-18-14(2)17(22-12-23-18)19(25)24-8-6-16(20)7-9-24/h12-13,15-16H,3-11,20H2,1-2H3,(H,21,22,23). The average Bonchev–Trinajstić information content (AvgIpc) is 2.61. The number of anilines is 1. The van der Waals surface area contributed by atoms with Crippen molar-refractivity contribution in [3.63, 3.8) is 0 Å². The smallest absolute Gasteiger partial charge is 0.272 e. The highest BCUT2D eigenvalue weighted by molar-refractivity contribution is 5.94. The molecule has 1 aliphatic carbocycles. The Kier molecular flexibility index (Phi) is 5.89. The summed E-state index contributed by atoms with van der Waals surface area (Å²) in [7, 11) is 0. The summed E-state index contributed by atoms with van der Waals surface area (Å²) in [5, 5.41) is 3.47. The zero-order chi connectivity index (χ0) is 17.8. The first-order valence-corrected chi connectivity index (χ1v) is 9.65. The minimum Gasteiger partial charge on any atom is -0.369 e. The molecule has 1 aliphatic heterocycles. The predicted molar refractivity (Wildman–Crippen MR) is 99.5 cm³/mol. The molecule has 0 aromatic carbocycles. The summed E-state index contributed by atoms with van der Waals surface area (Å²) in [5.41, 5.74) is 7.31. The van der Waals surface area contributed by atoms with Crippen molar-refractivity contribution >= 4 is 11.7 Å². The molecule has 2 heterocycles. The van der Waals surface area contributed by atoms with E-state index in [4.69, 9.17) is 5.73 Å². The third-order valence-corrected chi connectivity index (χ3v) is 5.72. The molecule has 138 valence electrons. The van der Waals surface area contributed by atoms with Crippen LogP contribution in [0.1, 0.15) is 61.5 Å². The van der Waals surface area contributed by atoms with E-state index in [1.807, 2.05) is 11.8 Å².